The van der Waals surface area contributed by atoms with Crippen molar-refractivity contribution in [1.82, 2.24) is 5.32 Å². The summed E-state index contributed by atoms with van der Waals surface area (Å²) in [5.74, 6) is -1.44. The lowest BCUT2D eigenvalue weighted by Gasteiger charge is -2.28. The molecule has 25 heavy (non-hydrogen) atoms. The average Bonchev–Trinajstić information content (AvgIpc) is 3.05. The highest BCUT2D eigenvalue weighted by Crippen LogP contribution is 2.41. The zero-order valence-electron chi connectivity index (χ0n) is 14.7. The largest absolute Gasteiger partial charge is 0.481 e. The summed E-state index contributed by atoms with van der Waals surface area (Å²) in [7, 11) is -3.83. The smallest absolute Gasteiger partial charge is 0.303 e. The molecule has 7 heteroatoms. The number of hydrogen-bond acceptors (Lipinski definition) is 4. The number of carboxylic acid groups (broad SMARTS) is 1. The first-order valence-corrected chi connectivity index (χ1v) is 10.0. The molecule has 6 nitrogen and oxygen atoms in total. The van der Waals surface area contributed by atoms with Gasteiger partial charge in [-0.25, -0.2) is 8.42 Å². The number of hydrogen-bond donors (Lipinski definition) is 2. The van der Waals surface area contributed by atoms with E-state index in [-0.39, 0.29) is 24.3 Å². The van der Waals surface area contributed by atoms with Crippen molar-refractivity contribution in [3.05, 3.63) is 29.3 Å². The van der Waals surface area contributed by atoms with E-state index >= 15 is 0 Å². The summed E-state index contributed by atoms with van der Waals surface area (Å²) in [5.41, 5.74) is 1.47. The zero-order valence-corrected chi connectivity index (χ0v) is 15.5. The van der Waals surface area contributed by atoms with Crippen LogP contribution in [0.2, 0.25) is 0 Å². The highest BCUT2D eigenvalue weighted by atomic mass is 32.2. The molecule has 1 fully saturated rings. The van der Waals surface area contributed by atoms with Crippen LogP contribution < -0.4 is 5.32 Å². The molecule has 0 saturated heterocycles. The molecule has 1 saturated carbocycles. The molecule has 1 aromatic carbocycles. The maximum Gasteiger partial charge on any atom is 0.303 e. The first-order valence-electron chi connectivity index (χ1n) is 8.53. The fourth-order valence-electron chi connectivity index (χ4n) is 3.37. The van der Waals surface area contributed by atoms with Gasteiger partial charge < -0.3 is 10.4 Å². The summed E-state index contributed by atoms with van der Waals surface area (Å²) in [4.78, 5) is 23.6. The van der Waals surface area contributed by atoms with E-state index in [9.17, 15) is 18.0 Å². The van der Waals surface area contributed by atoms with Gasteiger partial charge in [0.2, 0.25) is 5.91 Å². The predicted octanol–water partition coefficient (Wildman–Crippen LogP) is 2.37. The number of aliphatic carboxylic acids is 1. The van der Waals surface area contributed by atoms with E-state index in [1.165, 1.54) is 0 Å². The molecule has 2 rings (SSSR count). The predicted molar refractivity (Wildman–Crippen MR) is 94.2 cm³/mol. The molecule has 0 heterocycles. The number of benzene rings is 1. The third kappa shape index (κ3) is 3.86. The Kier molecular flexibility index (Phi) is 5.87. The van der Waals surface area contributed by atoms with E-state index in [0.717, 1.165) is 5.56 Å². The topological polar surface area (TPSA) is 101 Å². The van der Waals surface area contributed by atoms with Crippen molar-refractivity contribution in [1.29, 1.82) is 0 Å². The quantitative estimate of drug-likeness (QED) is 0.721. The molecule has 1 amide bonds. The molecule has 0 radical (unpaired) electrons. The van der Waals surface area contributed by atoms with Crippen LogP contribution in [-0.4, -0.2) is 36.7 Å². The van der Waals surface area contributed by atoms with Crippen LogP contribution in [0.5, 0.6) is 0 Å². The van der Waals surface area contributed by atoms with Crippen molar-refractivity contribution in [2.24, 2.45) is 0 Å². The minimum absolute atomic E-state index is 0.0585. The lowest BCUT2D eigenvalue weighted by molar-refractivity contribution is -0.137. The van der Waals surface area contributed by atoms with Gasteiger partial charge in [-0.3, -0.25) is 9.59 Å². The van der Waals surface area contributed by atoms with Gasteiger partial charge in [0.05, 0.1) is 4.90 Å². The summed E-state index contributed by atoms with van der Waals surface area (Å²) < 4.78 is 25.3. The Hall–Kier alpha value is -1.89. The molecule has 0 atom stereocenters. The maximum absolute atomic E-state index is 13.4. The van der Waals surface area contributed by atoms with Crippen molar-refractivity contribution in [3.8, 4) is 0 Å². The molecule has 1 aromatic rings. The van der Waals surface area contributed by atoms with Gasteiger partial charge in [-0.15, -0.1) is 0 Å². The van der Waals surface area contributed by atoms with E-state index in [4.69, 9.17) is 5.11 Å². The second-order valence-corrected chi connectivity index (χ2v) is 8.96. The van der Waals surface area contributed by atoms with Crippen molar-refractivity contribution in [2.75, 3.05) is 6.54 Å². The Morgan fingerprint density at radius 1 is 1.20 bits per heavy atom. The summed E-state index contributed by atoms with van der Waals surface area (Å²) in [6, 6.07) is 5.24. The van der Waals surface area contributed by atoms with Crippen LogP contribution >= 0.6 is 0 Å². The third-order valence-electron chi connectivity index (χ3n) is 4.83. The molecule has 0 spiro atoms. The number of carbonyl (C=O) groups is 2. The fourth-order valence-corrected chi connectivity index (χ4v) is 5.77. The van der Waals surface area contributed by atoms with Gasteiger partial charge in [0.15, 0.2) is 14.6 Å². The van der Waals surface area contributed by atoms with E-state index in [1.807, 2.05) is 13.0 Å². The van der Waals surface area contributed by atoms with E-state index in [2.05, 4.69) is 5.32 Å². The monoisotopic (exact) mass is 367 g/mol. The molecule has 2 N–H and O–H groups in total. The number of sulfone groups is 1. The number of aryl methyl sites for hydroxylation is 2. The lowest BCUT2D eigenvalue weighted by Crippen LogP contribution is -2.51. The second-order valence-electron chi connectivity index (χ2n) is 6.73. The molecule has 0 aromatic heterocycles. The summed E-state index contributed by atoms with van der Waals surface area (Å²) in [6.45, 7) is 3.72. The average molecular weight is 367 g/mol. The SMILES string of the molecule is Cc1ccc(C)c(S(=O)(=O)C2(C(=O)NCCCC(=O)O)CCCC2)c1. The molecule has 0 bridgehead atoms. The number of carboxylic acids is 1. The normalized spacial score (nSPS) is 16.6. The van der Waals surface area contributed by atoms with Crippen molar-refractivity contribution in [2.45, 2.75) is 62.0 Å². The van der Waals surface area contributed by atoms with Crippen molar-refractivity contribution < 1.29 is 23.1 Å². The summed E-state index contributed by atoms with van der Waals surface area (Å²) in [5, 5.41) is 11.3. The van der Waals surface area contributed by atoms with Gasteiger partial charge in [0.25, 0.3) is 0 Å². The summed E-state index contributed by atoms with van der Waals surface area (Å²) in [6.07, 6.45) is 2.19. The van der Waals surface area contributed by atoms with Crippen molar-refractivity contribution in [3.63, 3.8) is 0 Å². The number of carbonyl (C=O) groups excluding carboxylic acids is 1. The van der Waals surface area contributed by atoms with Crippen LogP contribution in [0.1, 0.15) is 49.7 Å². The Labute approximate surface area is 148 Å². The van der Waals surface area contributed by atoms with Gasteiger partial charge in [0.1, 0.15) is 0 Å². The minimum Gasteiger partial charge on any atom is -0.481 e. The molecular weight excluding hydrogens is 342 g/mol. The molecule has 0 unspecified atom stereocenters. The molecule has 138 valence electrons. The molecule has 1 aliphatic rings. The fraction of sp³-hybridized carbons (Fsp3) is 0.556. The molecule has 1 aliphatic carbocycles. The van der Waals surface area contributed by atoms with Gasteiger partial charge in [-0.05, 0) is 50.3 Å². The Morgan fingerprint density at radius 3 is 2.44 bits per heavy atom. The van der Waals surface area contributed by atoms with Gasteiger partial charge in [0, 0.05) is 13.0 Å². The van der Waals surface area contributed by atoms with Crippen LogP contribution in [0.3, 0.4) is 0 Å². The first-order chi connectivity index (χ1) is 11.7. The highest BCUT2D eigenvalue weighted by Gasteiger charge is 2.53. The molecular formula is C18H25NO5S. The third-order valence-corrected chi connectivity index (χ3v) is 7.47. The van der Waals surface area contributed by atoms with Crippen LogP contribution in [-0.2, 0) is 19.4 Å². The number of nitrogens with one attached hydrogen (secondary N) is 1. The van der Waals surface area contributed by atoms with Crippen LogP contribution in [0, 0.1) is 13.8 Å². The van der Waals surface area contributed by atoms with Crippen LogP contribution in [0.4, 0.5) is 0 Å². The minimum atomic E-state index is -3.83. The number of amides is 1. The van der Waals surface area contributed by atoms with Gasteiger partial charge in [-0.2, -0.15) is 0 Å². The van der Waals surface area contributed by atoms with E-state index in [1.54, 1.807) is 19.1 Å². The number of rotatable bonds is 7. The van der Waals surface area contributed by atoms with Gasteiger partial charge >= 0.3 is 5.97 Å². The van der Waals surface area contributed by atoms with Crippen LogP contribution in [0.25, 0.3) is 0 Å². The van der Waals surface area contributed by atoms with Crippen LogP contribution in [0.15, 0.2) is 23.1 Å². The Morgan fingerprint density at radius 2 is 1.84 bits per heavy atom. The summed E-state index contributed by atoms with van der Waals surface area (Å²) >= 11 is 0. The standard InChI is InChI=1S/C18H25NO5S/c1-13-7-8-14(2)15(12-13)25(23,24)18(9-3-4-10-18)17(22)19-11-5-6-16(20)21/h7-8,12H,3-6,9-11H2,1-2H3,(H,19,22)(H,20,21). The highest BCUT2D eigenvalue weighted by molar-refractivity contribution is 7.93. The van der Waals surface area contributed by atoms with Crippen molar-refractivity contribution >= 4 is 21.7 Å². The Bertz CT molecular complexity index is 764. The lowest BCUT2D eigenvalue weighted by atomic mass is 10.1. The molecule has 0 aliphatic heterocycles. The zero-order chi connectivity index (χ0) is 18.7. The Balaban J connectivity index is 2.30. The van der Waals surface area contributed by atoms with E-state index in [0.29, 0.717) is 31.2 Å². The van der Waals surface area contributed by atoms with E-state index < -0.39 is 26.5 Å². The maximum atomic E-state index is 13.4. The first kappa shape index (κ1) is 19.4. The van der Waals surface area contributed by atoms with Gasteiger partial charge in [-0.1, -0.05) is 25.0 Å². The second kappa shape index (κ2) is 7.56.